The molecular weight excluding hydrogens is 431 g/mol. The van der Waals surface area contributed by atoms with Gasteiger partial charge in [-0.2, -0.15) is 21.6 Å². The topological polar surface area (TPSA) is 105 Å². The lowest BCUT2D eigenvalue weighted by Crippen LogP contribution is -2.49. The van der Waals surface area contributed by atoms with E-state index in [1.807, 2.05) is 6.92 Å². The summed E-state index contributed by atoms with van der Waals surface area (Å²) in [4.78, 5) is 16.7. The second-order valence-electron chi connectivity index (χ2n) is 7.87. The first kappa shape index (κ1) is 21.3. The van der Waals surface area contributed by atoms with Crippen molar-refractivity contribution >= 4 is 21.7 Å². The van der Waals surface area contributed by atoms with Gasteiger partial charge in [0.25, 0.3) is 0 Å². The largest absolute Gasteiger partial charge is 0.534 e. The Morgan fingerprint density at radius 2 is 1.93 bits per heavy atom. The quantitative estimate of drug-likeness (QED) is 0.299. The van der Waals surface area contributed by atoms with Crippen molar-refractivity contribution in [3.63, 3.8) is 0 Å². The number of rotatable bonds is 3. The Balaban J connectivity index is 1.90. The number of ether oxygens (including phenoxy) is 2. The number of fused-ring (bicyclic) bond motifs is 2. The number of Topliss-reactive ketones (excluding diaryl/α,β-unsaturated/α-hetero) is 1. The van der Waals surface area contributed by atoms with Gasteiger partial charge in [0.1, 0.15) is 0 Å². The molecule has 1 aromatic heterocycles. The minimum absolute atomic E-state index is 0.0249. The first-order valence-corrected chi connectivity index (χ1v) is 10.8. The lowest BCUT2D eigenvalue weighted by Gasteiger charge is -2.45. The smallest absolute Gasteiger partial charge is 0.440 e. The Morgan fingerprint density at radius 3 is 2.50 bits per heavy atom. The first-order chi connectivity index (χ1) is 13.9. The Bertz CT molecular complexity index is 1010. The molecule has 0 amide bonds. The van der Waals surface area contributed by atoms with E-state index in [1.54, 1.807) is 0 Å². The van der Waals surface area contributed by atoms with E-state index < -0.39 is 44.3 Å². The van der Waals surface area contributed by atoms with Crippen molar-refractivity contribution in [2.45, 2.75) is 50.8 Å². The molecule has 2 aliphatic carbocycles. The summed E-state index contributed by atoms with van der Waals surface area (Å²) in [6.45, 7) is 3.98. The molecule has 1 aromatic rings. The third-order valence-corrected chi connectivity index (χ3v) is 7.30. The molecule has 166 valence electrons. The van der Waals surface area contributed by atoms with Crippen molar-refractivity contribution in [1.82, 2.24) is 4.98 Å². The number of halogens is 3. The van der Waals surface area contributed by atoms with Crippen LogP contribution in [0.2, 0.25) is 0 Å². The fraction of sp³-hybridized carbons (Fsp3) is 0.667. The van der Waals surface area contributed by atoms with Crippen molar-refractivity contribution in [3.05, 3.63) is 23.4 Å². The number of alkyl halides is 3. The second kappa shape index (κ2) is 6.79. The maximum absolute atomic E-state index is 13.1. The Kier molecular flexibility index (Phi) is 4.83. The number of oxazole rings is 1. The molecule has 0 aromatic carbocycles. The van der Waals surface area contributed by atoms with Crippen molar-refractivity contribution in [2.24, 2.45) is 11.3 Å². The molecule has 0 N–H and O–H groups in total. The van der Waals surface area contributed by atoms with Crippen LogP contribution < -0.4 is 0 Å². The van der Waals surface area contributed by atoms with E-state index in [-0.39, 0.29) is 23.4 Å². The van der Waals surface area contributed by atoms with Crippen molar-refractivity contribution < 1.29 is 44.5 Å². The van der Waals surface area contributed by atoms with Crippen LogP contribution in [0.1, 0.15) is 44.1 Å². The summed E-state index contributed by atoms with van der Waals surface area (Å²) in [6.07, 6.45) is 2.07. The molecule has 2 heterocycles. The molecule has 8 nitrogen and oxygen atoms in total. The summed E-state index contributed by atoms with van der Waals surface area (Å²) < 4.78 is 84.3. The first-order valence-electron chi connectivity index (χ1n) is 9.38. The van der Waals surface area contributed by atoms with Gasteiger partial charge in [-0.25, -0.2) is 4.98 Å². The van der Waals surface area contributed by atoms with Crippen LogP contribution >= 0.6 is 0 Å². The lowest BCUT2D eigenvalue weighted by molar-refractivity contribution is -0.226. The summed E-state index contributed by atoms with van der Waals surface area (Å²) in [5.74, 6) is -3.22. The number of aromatic nitrogens is 1. The number of aryl methyl sites for hydroxylation is 1. The molecule has 2 saturated carbocycles. The molecule has 1 saturated heterocycles. The van der Waals surface area contributed by atoms with Crippen LogP contribution in [0.4, 0.5) is 13.2 Å². The summed E-state index contributed by atoms with van der Waals surface area (Å²) in [5, 5.41) is 0. The average Bonchev–Trinajstić information content (AvgIpc) is 3.35. The van der Waals surface area contributed by atoms with Gasteiger partial charge in [0, 0.05) is 29.7 Å². The van der Waals surface area contributed by atoms with E-state index in [0.717, 1.165) is 6.39 Å². The highest BCUT2D eigenvalue weighted by Crippen LogP contribution is 2.62. The fourth-order valence-electron chi connectivity index (χ4n) is 4.83. The van der Waals surface area contributed by atoms with Crippen LogP contribution in [0.15, 0.2) is 16.4 Å². The molecule has 0 radical (unpaired) electrons. The lowest BCUT2D eigenvalue weighted by atomic mass is 9.64. The highest BCUT2D eigenvalue weighted by atomic mass is 32.2. The minimum Gasteiger partial charge on any atom is -0.440 e. The summed E-state index contributed by atoms with van der Waals surface area (Å²) in [7, 11) is -6.05. The van der Waals surface area contributed by atoms with E-state index in [2.05, 4.69) is 9.17 Å². The van der Waals surface area contributed by atoms with Crippen molar-refractivity contribution in [2.75, 3.05) is 13.2 Å². The number of nitrogens with zero attached hydrogens (tertiary/aromatic N) is 1. The van der Waals surface area contributed by atoms with Gasteiger partial charge < -0.3 is 18.1 Å². The number of hydrogen-bond acceptors (Lipinski definition) is 8. The maximum Gasteiger partial charge on any atom is 0.534 e. The second-order valence-corrected chi connectivity index (χ2v) is 9.41. The standard InChI is InChI=1S/C18H20F3NO7S/c1-10-14(26-9-22-10)15(29-30(24,25)18(19,20)21)13-11-3-6-17(27-7-8-28-17)16(11,2)5-4-12(13)23/h9,11H,3-8H2,1-2H3/b15-13+/t11-,16?/m0/s1. The van der Waals surface area contributed by atoms with Crippen molar-refractivity contribution in [1.29, 1.82) is 0 Å². The number of carbonyl (C=O) groups is 1. The zero-order valence-electron chi connectivity index (χ0n) is 16.2. The highest BCUT2D eigenvalue weighted by Gasteiger charge is 2.64. The molecule has 2 atom stereocenters. The van der Waals surface area contributed by atoms with Crippen LogP contribution in [0.25, 0.3) is 5.76 Å². The molecule has 1 spiro atoms. The summed E-state index contributed by atoms with van der Waals surface area (Å²) >= 11 is 0. The summed E-state index contributed by atoms with van der Waals surface area (Å²) in [6, 6.07) is 0. The van der Waals surface area contributed by atoms with Gasteiger partial charge in [0.15, 0.2) is 29.5 Å². The molecule has 3 aliphatic rings. The van der Waals surface area contributed by atoms with Crippen LogP contribution in [-0.2, 0) is 28.6 Å². The normalized spacial score (nSPS) is 30.6. The third-order valence-electron chi connectivity index (χ3n) is 6.35. The molecule has 30 heavy (non-hydrogen) atoms. The molecule has 1 aliphatic heterocycles. The number of allylic oxidation sites excluding steroid dienone is 1. The van der Waals surface area contributed by atoms with Gasteiger partial charge in [-0.3, -0.25) is 4.79 Å². The fourth-order valence-corrected chi connectivity index (χ4v) is 5.31. The molecular formula is C18H20F3NO7S. The monoisotopic (exact) mass is 451 g/mol. The van der Waals surface area contributed by atoms with Crippen LogP contribution in [-0.4, -0.2) is 43.7 Å². The molecule has 1 unspecified atom stereocenters. The predicted molar refractivity (Wildman–Crippen MR) is 93.9 cm³/mol. The van der Waals surface area contributed by atoms with E-state index in [4.69, 9.17) is 13.9 Å². The maximum atomic E-state index is 13.1. The van der Waals surface area contributed by atoms with Gasteiger partial charge in [0.2, 0.25) is 0 Å². The Labute approximate surface area is 170 Å². The number of hydrogen-bond donors (Lipinski definition) is 0. The van der Waals surface area contributed by atoms with Gasteiger partial charge in [-0.05, 0) is 19.8 Å². The number of ketones is 1. The van der Waals surface area contributed by atoms with E-state index in [1.165, 1.54) is 6.92 Å². The zero-order chi connectivity index (χ0) is 21.9. The third kappa shape index (κ3) is 2.99. The molecule has 3 fully saturated rings. The minimum atomic E-state index is -6.05. The average molecular weight is 451 g/mol. The van der Waals surface area contributed by atoms with Crippen LogP contribution in [0.3, 0.4) is 0 Å². The Hall–Kier alpha value is -1.92. The highest BCUT2D eigenvalue weighted by molar-refractivity contribution is 7.87. The van der Waals surface area contributed by atoms with Crippen LogP contribution in [0, 0.1) is 18.3 Å². The van der Waals surface area contributed by atoms with Gasteiger partial charge in [-0.1, -0.05) is 6.92 Å². The van der Waals surface area contributed by atoms with E-state index in [9.17, 15) is 26.4 Å². The Morgan fingerprint density at radius 1 is 1.27 bits per heavy atom. The predicted octanol–water partition coefficient (Wildman–Crippen LogP) is 3.08. The SMILES string of the molecule is Cc1ncoc1/C(OS(=O)(=O)C(F)(F)F)=C1\C(=O)CCC2(C)[C@H]1CCC21OCCO1. The van der Waals surface area contributed by atoms with E-state index in [0.29, 0.717) is 32.5 Å². The van der Waals surface area contributed by atoms with Gasteiger partial charge >= 0.3 is 15.6 Å². The number of carbonyl (C=O) groups excluding carboxylic acids is 1. The van der Waals surface area contributed by atoms with Crippen molar-refractivity contribution in [3.8, 4) is 0 Å². The zero-order valence-corrected chi connectivity index (χ0v) is 17.1. The van der Waals surface area contributed by atoms with E-state index >= 15 is 0 Å². The summed E-state index contributed by atoms with van der Waals surface area (Å²) in [5.41, 5.74) is -6.50. The molecule has 0 bridgehead atoms. The molecule has 4 rings (SSSR count). The van der Waals surface area contributed by atoms with Gasteiger partial charge in [0.05, 0.1) is 18.9 Å². The van der Waals surface area contributed by atoms with Gasteiger partial charge in [-0.15, -0.1) is 0 Å². The molecule has 12 heteroatoms. The van der Waals surface area contributed by atoms with Crippen LogP contribution in [0.5, 0.6) is 0 Å².